The predicted molar refractivity (Wildman–Crippen MR) is 72.1 cm³/mol. The average molecular weight is 279 g/mol. The number of halogens is 2. The minimum atomic E-state index is 0.362. The third-order valence-corrected chi connectivity index (χ3v) is 2.65. The van der Waals surface area contributed by atoms with E-state index < -0.39 is 0 Å². The van der Waals surface area contributed by atoms with E-state index >= 15 is 0 Å². The number of nitrogen functional groups attached to an aromatic ring is 1. The van der Waals surface area contributed by atoms with Crippen LogP contribution in [0.25, 0.3) is 0 Å². The lowest BCUT2D eigenvalue weighted by Crippen LogP contribution is -1.91. The van der Waals surface area contributed by atoms with Crippen LogP contribution in [-0.2, 0) is 0 Å². The van der Waals surface area contributed by atoms with Crippen LogP contribution >= 0.6 is 23.2 Å². The molecule has 0 bridgehead atoms. The van der Waals surface area contributed by atoms with Gasteiger partial charge in [0.15, 0.2) is 0 Å². The van der Waals surface area contributed by atoms with Gasteiger partial charge in [-0.05, 0) is 30.3 Å². The second kappa shape index (κ2) is 5.18. The number of nitriles is 1. The van der Waals surface area contributed by atoms with Crippen molar-refractivity contribution in [3.05, 3.63) is 52.0 Å². The van der Waals surface area contributed by atoms with Crippen molar-refractivity contribution >= 4 is 28.9 Å². The van der Waals surface area contributed by atoms with E-state index in [1.807, 2.05) is 6.07 Å². The van der Waals surface area contributed by atoms with Gasteiger partial charge in [0.25, 0.3) is 0 Å². The van der Waals surface area contributed by atoms with Crippen molar-refractivity contribution in [2.24, 2.45) is 0 Å². The van der Waals surface area contributed by atoms with Gasteiger partial charge in [-0.2, -0.15) is 5.26 Å². The first-order valence-corrected chi connectivity index (χ1v) is 5.77. The van der Waals surface area contributed by atoms with Gasteiger partial charge in [-0.1, -0.05) is 23.2 Å². The Bertz CT molecular complexity index is 615. The number of nitrogens with two attached hydrogens (primary N) is 1. The van der Waals surface area contributed by atoms with E-state index in [9.17, 15) is 0 Å². The van der Waals surface area contributed by atoms with E-state index in [0.717, 1.165) is 0 Å². The molecule has 90 valence electrons. The van der Waals surface area contributed by atoms with E-state index in [4.69, 9.17) is 38.9 Å². The number of ether oxygens (including phenoxy) is 1. The Kier molecular flexibility index (Phi) is 3.61. The van der Waals surface area contributed by atoms with Crippen molar-refractivity contribution in [1.82, 2.24) is 0 Å². The molecule has 0 saturated carbocycles. The molecule has 18 heavy (non-hydrogen) atoms. The third kappa shape index (κ3) is 2.86. The highest BCUT2D eigenvalue weighted by Gasteiger charge is 2.04. The zero-order chi connectivity index (χ0) is 13.1. The highest BCUT2D eigenvalue weighted by molar-refractivity contribution is 6.34. The lowest BCUT2D eigenvalue weighted by atomic mass is 10.2. The van der Waals surface area contributed by atoms with Crippen molar-refractivity contribution in [3.63, 3.8) is 0 Å². The quantitative estimate of drug-likeness (QED) is 0.836. The minimum absolute atomic E-state index is 0.362. The first-order chi connectivity index (χ1) is 8.58. The number of hydrogen-bond donors (Lipinski definition) is 1. The van der Waals surface area contributed by atoms with Gasteiger partial charge >= 0.3 is 0 Å². The van der Waals surface area contributed by atoms with Crippen molar-refractivity contribution in [3.8, 4) is 17.6 Å². The lowest BCUT2D eigenvalue weighted by molar-refractivity contribution is 0.482. The van der Waals surface area contributed by atoms with Crippen molar-refractivity contribution in [2.45, 2.75) is 0 Å². The summed E-state index contributed by atoms with van der Waals surface area (Å²) in [4.78, 5) is 0. The molecule has 0 atom stereocenters. The van der Waals surface area contributed by atoms with E-state index in [1.165, 1.54) is 0 Å². The molecule has 0 unspecified atom stereocenters. The Morgan fingerprint density at radius 2 is 1.67 bits per heavy atom. The van der Waals surface area contributed by atoms with Gasteiger partial charge in [0, 0.05) is 21.8 Å². The fourth-order valence-electron chi connectivity index (χ4n) is 1.42. The van der Waals surface area contributed by atoms with Crippen LogP contribution < -0.4 is 10.5 Å². The highest BCUT2D eigenvalue weighted by atomic mass is 35.5. The molecule has 2 aromatic rings. The van der Waals surface area contributed by atoms with Gasteiger partial charge < -0.3 is 10.5 Å². The first-order valence-electron chi connectivity index (χ1n) is 5.02. The maximum atomic E-state index is 8.87. The largest absolute Gasteiger partial charge is 0.457 e. The smallest absolute Gasteiger partial charge is 0.130 e. The summed E-state index contributed by atoms with van der Waals surface area (Å²) in [5.74, 6) is 1.00. The average Bonchev–Trinajstić information content (AvgIpc) is 2.30. The van der Waals surface area contributed by atoms with E-state index in [-0.39, 0.29) is 0 Å². The molecule has 0 amide bonds. The zero-order valence-electron chi connectivity index (χ0n) is 9.15. The Labute approximate surface area is 114 Å². The van der Waals surface area contributed by atoms with Crippen LogP contribution in [0.2, 0.25) is 10.0 Å². The van der Waals surface area contributed by atoms with Crippen molar-refractivity contribution in [2.75, 3.05) is 5.73 Å². The zero-order valence-corrected chi connectivity index (χ0v) is 10.7. The molecule has 0 aliphatic heterocycles. The number of rotatable bonds is 2. The maximum absolute atomic E-state index is 8.87. The van der Waals surface area contributed by atoms with Crippen LogP contribution in [0.3, 0.4) is 0 Å². The Balaban J connectivity index is 2.31. The molecule has 0 aliphatic carbocycles. The van der Waals surface area contributed by atoms with Gasteiger partial charge in [0.2, 0.25) is 0 Å². The molecule has 0 aromatic heterocycles. The summed E-state index contributed by atoms with van der Waals surface area (Å²) >= 11 is 11.7. The first kappa shape index (κ1) is 12.6. The molecule has 2 N–H and O–H groups in total. The Hall–Kier alpha value is -1.89. The van der Waals surface area contributed by atoms with Gasteiger partial charge in [0.05, 0.1) is 5.56 Å². The van der Waals surface area contributed by atoms with Crippen LogP contribution in [0.4, 0.5) is 5.69 Å². The predicted octanol–water partition coefficient (Wildman–Crippen LogP) is 4.24. The van der Waals surface area contributed by atoms with Gasteiger partial charge in [-0.15, -0.1) is 0 Å². The standard InChI is InChI=1S/C13H8Cl2N2O/c14-9-4-10(15)6-12(5-9)18-11-1-2-13(17)8(3-11)7-16/h1-6H,17H2. The summed E-state index contributed by atoms with van der Waals surface area (Å²) in [6, 6.07) is 11.7. The minimum Gasteiger partial charge on any atom is -0.457 e. The second-order valence-corrected chi connectivity index (χ2v) is 4.44. The SMILES string of the molecule is N#Cc1cc(Oc2cc(Cl)cc(Cl)c2)ccc1N. The topological polar surface area (TPSA) is 59.0 Å². The molecule has 0 radical (unpaired) electrons. The number of hydrogen-bond acceptors (Lipinski definition) is 3. The molecule has 2 rings (SSSR count). The van der Waals surface area contributed by atoms with Crippen molar-refractivity contribution < 1.29 is 4.74 Å². The number of benzene rings is 2. The molecule has 3 nitrogen and oxygen atoms in total. The van der Waals surface area contributed by atoms with Crippen LogP contribution in [0.5, 0.6) is 11.5 Å². The molecular formula is C13H8Cl2N2O. The fourth-order valence-corrected chi connectivity index (χ4v) is 1.93. The number of nitrogens with zero attached hydrogens (tertiary/aromatic N) is 1. The maximum Gasteiger partial charge on any atom is 0.130 e. The second-order valence-electron chi connectivity index (χ2n) is 3.57. The van der Waals surface area contributed by atoms with Crippen LogP contribution in [-0.4, -0.2) is 0 Å². The Morgan fingerprint density at radius 3 is 2.28 bits per heavy atom. The van der Waals surface area contributed by atoms with E-state index in [2.05, 4.69) is 0 Å². The van der Waals surface area contributed by atoms with Crippen LogP contribution in [0, 0.1) is 11.3 Å². The van der Waals surface area contributed by atoms with E-state index in [0.29, 0.717) is 32.8 Å². The van der Waals surface area contributed by atoms with Crippen LogP contribution in [0.15, 0.2) is 36.4 Å². The van der Waals surface area contributed by atoms with Crippen molar-refractivity contribution in [1.29, 1.82) is 5.26 Å². The molecule has 0 fully saturated rings. The van der Waals surface area contributed by atoms with Gasteiger partial charge in [-0.25, -0.2) is 0 Å². The fraction of sp³-hybridized carbons (Fsp3) is 0. The normalized spacial score (nSPS) is 9.83. The molecule has 5 heteroatoms. The third-order valence-electron chi connectivity index (χ3n) is 2.22. The lowest BCUT2D eigenvalue weighted by Gasteiger charge is -2.07. The molecule has 0 saturated heterocycles. The molecule has 0 aliphatic rings. The molecule has 0 spiro atoms. The molecular weight excluding hydrogens is 271 g/mol. The Morgan fingerprint density at radius 1 is 1.00 bits per heavy atom. The highest BCUT2D eigenvalue weighted by Crippen LogP contribution is 2.29. The molecule has 2 aromatic carbocycles. The molecule has 0 heterocycles. The van der Waals surface area contributed by atoms with Crippen LogP contribution in [0.1, 0.15) is 5.56 Å². The monoisotopic (exact) mass is 278 g/mol. The van der Waals surface area contributed by atoms with Gasteiger partial charge in [-0.3, -0.25) is 0 Å². The van der Waals surface area contributed by atoms with E-state index in [1.54, 1.807) is 36.4 Å². The summed E-state index contributed by atoms with van der Waals surface area (Å²) < 4.78 is 5.56. The number of anilines is 1. The summed E-state index contributed by atoms with van der Waals surface area (Å²) in [5.41, 5.74) is 6.39. The summed E-state index contributed by atoms with van der Waals surface area (Å²) in [7, 11) is 0. The summed E-state index contributed by atoms with van der Waals surface area (Å²) in [6.45, 7) is 0. The van der Waals surface area contributed by atoms with Gasteiger partial charge in [0.1, 0.15) is 17.6 Å². The summed E-state index contributed by atoms with van der Waals surface area (Å²) in [6.07, 6.45) is 0. The summed E-state index contributed by atoms with van der Waals surface area (Å²) in [5, 5.41) is 9.83.